The van der Waals surface area contributed by atoms with Gasteiger partial charge in [0.1, 0.15) is 11.6 Å². The number of fused-ring (bicyclic) bond motifs is 2. The van der Waals surface area contributed by atoms with Crippen molar-refractivity contribution in [2.75, 3.05) is 10.6 Å². The Morgan fingerprint density at radius 1 is 0.933 bits per heavy atom. The minimum atomic E-state index is 0.502. The lowest BCUT2D eigenvalue weighted by Gasteiger charge is -2.11. The molecule has 0 bridgehead atoms. The zero-order chi connectivity index (χ0) is 20.3. The third kappa shape index (κ3) is 3.36. The summed E-state index contributed by atoms with van der Waals surface area (Å²) in [4.78, 5) is 13.6. The number of nitrogens with zero attached hydrogens (tertiary/aromatic N) is 5. The van der Waals surface area contributed by atoms with Crippen LogP contribution in [0.1, 0.15) is 11.1 Å². The smallest absolute Gasteiger partial charge is 0.225 e. The third-order valence-electron chi connectivity index (χ3n) is 4.71. The Hall–Kier alpha value is -4.51. The second kappa shape index (κ2) is 7.48. The van der Waals surface area contributed by atoms with Gasteiger partial charge in [0.25, 0.3) is 0 Å². The van der Waals surface area contributed by atoms with Gasteiger partial charge >= 0.3 is 0 Å². The number of hydrogen-bond acceptors (Lipinski definition) is 7. The molecule has 144 valence electrons. The first kappa shape index (κ1) is 17.6. The Balaban J connectivity index is 1.47. The molecule has 0 fully saturated rings. The van der Waals surface area contributed by atoms with E-state index < -0.39 is 0 Å². The molecule has 0 unspecified atom stereocenters. The molecule has 0 saturated carbocycles. The molecule has 0 aliphatic carbocycles. The maximum Gasteiger partial charge on any atom is 0.225 e. The molecule has 0 amide bonds. The summed E-state index contributed by atoms with van der Waals surface area (Å²) in [7, 11) is 0. The monoisotopic (exact) mass is 392 g/mol. The van der Waals surface area contributed by atoms with Gasteiger partial charge < -0.3 is 10.6 Å². The number of benzene rings is 2. The van der Waals surface area contributed by atoms with Crippen molar-refractivity contribution in [1.82, 2.24) is 25.1 Å². The van der Waals surface area contributed by atoms with Crippen molar-refractivity contribution < 1.29 is 0 Å². The molecule has 3 aromatic heterocycles. The average Bonchev–Trinajstić information content (AvgIpc) is 3.21. The molecule has 3 heterocycles. The van der Waals surface area contributed by atoms with E-state index >= 15 is 0 Å². The number of H-pyrrole nitrogens is 1. The lowest BCUT2D eigenvalue weighted by molar-refractivity contribution is 1.07. The number of nitriles is 1. The Morgan fingerprint density at radius 2 is 1.77 bits per heavy atom. The van der Waals surface area contributed by atoms with Crippen LogP contribution >= 0.6 is 0 Å². The first-order valence-electron chi connectivity index (χ1n) is 9.36. The number of aromatic nitrogens is 5. The molecule has 0 spiro atoms. The van der Waals surface area contributed by atoms with Crippen LogP contribution in [-0.4, -0.2) is 25.1 Å². The van der Waals surface area contributed by atoms with Crippen LogP contribution in [0.2, 0.25) is 0 Å². The third-order valence-corrected chi connectivity index (χ3v) is 4.71. The maximum atomic E-state index is 8.94. The summed E-state index contributed by atoms with van der Waals surface area (Å²) in [5, 5.41) is 24.5. The standard InChI is InChI=1S/C22H16N8/c23-12-14-7-9-15(10-8-14)13-25-22-26-18-6-2-1-4-16(18)20(28-22)27-21-17-5-3-11-24-19(17)29-30-21/h1-11H,13H2,(H3,24,25,26,27,28,29,30). The number of anilines is 3. The first-order chi connectivity index (χ1) is 14.8. The van der Waals surface area contributed by atoms with Gasteiger partial charge in [0.2, 0.25) is 5.95 Å². The molecule has 0 atom stereocenters. The Bertz CT molecular complexity index is 1380. The predicted molar refractivity (Wildman–Crippen MR) is 115 cm³/mol. The minimum absolute atomic E-state index is 0.502. The molecule has 3 N–H and O–H groups in total. The summed E-state index contributed by atoms with van der Waals surface area (Å²) >= 11 is 0. The van der Waals surface area contributed by atoms with E-state index in [1.807, 2.05) is 48.5 Å². The highest BCUT2D eigenvalue weighted by molar-refractivity contribution is 5.95. The molecule has 0 saturated heterocycles. The highest BCUT2D eigenvalue weighted by Gasteiger charge is 2.11. The molecule has 8 heteroatoms. The van der Waals surface area contributed by atoms with E-state index in [9.17, 15) is 0 Å². The van der Waals surface area contributed by atoms with Gasteiger partial charge in [-0.3, -0.25) is 5.10 Å². The fourth-order valence-corrected chi connectivity index (χ4v) is 3.19. The number of nitrogens with one attached hydrogen (secondary N) is 3. The Kier molecular flexibility index (Phi) is 4.39. The van der Waals surface area contributed by atoms with Gasteiger partial charge in [-0.2, -0.15) is 15.3 Å². The van der Waals surface area contributed by atoms with Crippen molar-refractivity contribution in [2.24, 2.45) is 0 Å². The second-order valence-corrected chi connectivity index (χ2v) is 6.67. The molecular formula is C22H16N8. The van der Waals surface area contributed by atoms with Gasteiger partial charge in [0.05, 0.1) is 22.5 Å². The molecule has 0 aliphatic rings. The lowest BCUT2D eigenvalue weighted by Crippen LogP contribution is -2.06. The van der Waals surface area contributed by atoms with Crippen molar-refractivity contribution >= 4 is 39.5 Å². The first-order valence-corrected chi connectivity index (χ1v) is 9.36. The van der Waals surface area contributed by atoms with Crippen LogP contribution in [0.4, 0.5) is 17.6 Å². The Labute approximate surface area is 171 Å². The molecule has 5 aromatic rings. The van der Waals surface area contributed by atoms with Crippen molar-refractivity contribution in [3.05, 3.63) is 78.0 Å². The number of hydrogen-bond donors (Lipinski definition) is 3. The fourth-order valence-electron chi connectivity index (χ4n) is 3.19. The molecule has 8 nitrogen and oxygen atoms in total. The quantitative estimate of drug-likeness (QED) is 0.412. The summed E-state index contributed by atoms with van der Waals surface area (Å²) in [5.74, 6) is 1.89. The van der Waals surface area contributed by atoms with Crippen molar-refractivity contribution in [3.8, 4) is 6.07 Å². The van der Waals surface area contributed by atoms with Crippen LogP contribution in [0.5, 0.6) is 0 Å². The average molecular weight is 392 g/mol. The van der Waals surface area contributed by atoms with Gasteiger partial charge in [-0.15, -0.1) is 0 Å². The van der Waals surface area contributed by atoms with Crippen LogP contribution in [-0.2, 0) is 6.54 Å². The number of rotatable bonds is 5. The van der Waals surface area contributed by atoms with E-state index in [0.29, 0.717) is 29.5 Å². The van der Waals surface area contributed by atoms with Crippen molar-refractivity contribution in [3.63, 3.8) is 0 Å². The molecule has 0 radical (unpaired) electrons. The summed E-state index contributed by atoms with van der Waals surface area (Å²) in [5.41, 5.74) is 3.12. The van der Waals surface area contributed by atoms with E-state index in [1.165, 1.54) is 0 Å². The van der Waals surface area contributed by atoms with E-state index in [0.717, 1.165) is 27.7 Å². The number of aromatic amines is 1. The molecular weight excluding hydrogens is 376 g/mol. The summed E-state index contributed by atoms with van der Waals surface area (Å²) < 4.78 is 0. The molecule has 0 aliphatic heterocycles. The summed E-state index contributed by atoms with van der Waals surface area (Å²) in [6, 6.07) is 21.2. The van der Waals surface area contributed by atoms with Gasteiger partial charge in [0.15, 0.2) is 5.65 Å². The lowest BCUT2D eigenvalue weighted by atomic mass is 10.1. The normalized spacial score (nSPS) is 10.8. The number of para-hydroxylation sites is 1. The predicted octanol–water partition coefficient (Wildman–Crippen LogP) is 4.13. The van der Waals surface area contributed by atoms with Crippen LogP contribution in [0.3, 0.4) is 0 Å². The Morgan fingerprint density at radius 3 is 2.63 bits per heavy atom. The zero-order valence-electron chi connectivity index (χ0n) is 15.8. The van der Waals surface area contributed by atoms with Crippen LogP contribution < -0.4 is 10.6 Å². The van der Waals surface area contributed by atoms with Crippen LogP contribution in [0, 0.1) is 11.3 Å². The SMILES string of the molecule is N#Cc1ccc(CNc2nc(Nc3[nH]nc4ncccc34)c3ccccc3n2)cc1. The van der Waals surface area contributed by atoms with Gasteiger partial charge in [-0.05, 0) is 42.0 Å². The van der Waals surface area contributed by atoms with Gasteiger partial charge in [0, 0.05) is 18.1 Å². The second-order valence-electron chi connectivity index (χ2n) is 6.67. The van der Waals surface area contributed by atoms with Crippen molar-refractivity contribution in [2.45, 2.75) is 6.54 Å². The fraction of sp³-hybridized carbons (Fsp3) is 0.0455. The topological polar surface area (TPSA) is 115 Å². The molecule has 30 heavy (non-hydrogen) atoms. The molecule has 5 rings (SSSR count). The van der Waals surface area contributed by atoms with Crippen LogP contribution in [0.15, 0.2) is 66.9 Å². The zero-order valence-corrected chi connectivity index (χ0v) is 15.8. The number of pyridine rings is 1. The maximum absolute atomic E-state index is 8.94. The largest absolute Gasteiger partial charge is 0.350 e. The summed E-state index contributed by atoms with van der Waals surface area (Å²) in [6.07, 6.45) is 1.71. The molecule has 2 aromatic carbocycles. The van der Waals surface area contributed by atoms with E-state index in [-0.39, 0.29) is 0 Å². The van der Waals surface area contributed by atoms with Crippen molar-refractivity contribution in [1.29, 1.82) is 5.26 Å². The highest BCUT2D eigenvalue weighted by atomic mass is 15.2. The van der Waals surface area contributed by atoms with Gasteiger partial charge in [-0.25, -0.2) is 9.97 Å². The van der Waals surface area contributed by atoms with E-state index in [1.54, 1.807) is 18.3 Å². The van der Waals surface area contributed by atoms with E-state index in [4.69, 9.17) is 5.26 Å². The van der Waals surface area contributed by atoms with Gasteiger partial charge in [-0.1, -0.05) is 24.3 Å². The highest BCUT2D eigenvalue weighted by Crippen LogP contribution is 2.27. The summed E-state index contributed by atoms with van der Waals surface area (Å²) in [6.45, 7) is 0.542. The minimum Gasteiger partial charge on any atom is -0.350 e. The van der Waals surface area contributed by atoms with Crippen LogP contribution in [0.25, 0.3) is 21.9 Å². The van der Waals surface area contributed by atoms with E-state index in [2.05, 4.69) is 41.9 Å².